The van der Waals surface area contributed by atoms with Crippen LogP contribution in [-0.2, 0) is 4.79 Å². The lowest BCUT2D eigenvalue weighted by molar-refractivity contribution is -0.119. The topological polar surface area (TPSA) is 64.1 Å². The first kappa shape index (κ1) is 15.5. The van der Waals surface area contributed by atoms with Crippen molar-refractivity contribution in [3.63, 3.8) is 0 Å². The van der Waals surface area contributed by atoms with E-state index in [0.717, 1.165) is 29.5 Å². The Morgan fingerprint density at radius 1 is 1.17 bits per heavy atom. The zero-order valence-corrected chi connectivity index (χ0v) is 13.5. The number of nitrogens with zero attached hydrogens (tertiary/aromatic N) is 2. The molecule has 3 rings (SSSR count). The first-order chi connectivity index (χ1) is 11.1. The van der Waals surface area contributed by atoms with Crippen molar-refractivity contribution in [2.24, 2.45) is 0 Å². The summed E-state index contributed by atoms with van der Waals surface area (Å²) in [5.74, 6) is -0.0305. The van der Waals surface area contributed by atoms with Gasteiger partial charge in [0.05, 0.1) is 6.04 Å². The van der Waals surface area contributed by atoms with Crippen LogP contribution in [0.4, 0.5) is 0 Å². The molecule has 0 bridgehead atoms. The van der Waals surface area contributed by atoms with Crippen molar-refractivity contribution in [1.29, 1.82) is 0 Å². The molecule has 1 amide bonds. The molecule has 1 aromatic carbocycles. The van der Waals surface area contributed by atoms with Crippen molar-refractivity contribution < 1.29 is 9.53 Å². The Hall–Kier alpha value is -2.43. The lowest BCUT2D eigenvalue weighted by atomic mass is 9.96. The molecule has 5 heteroatoms. The number of amides is 1. The Morgan fingerprint density at radius 3 is 2.35 bits per heavy atom. The van der Waals surface area contributed by atoms with Crippen molar-refractivity contribution in [3.8, 4) is 17.1 Å². The van der Waals surface area contributed by atoms with Crippen LogP contribution >= 0.6 is 0 Å². The van der Waals surface area contributed by atoms with Crippen molar-refractivity contribution in [3.05, 3.63) is 42.2 Å². The number of nitrogens with one attached hydrogen (secondary N) is 1. The van der Waals surface area contributed by atoms with E-state index in [9.17, 15) is 4.79 Å². The number of aromatic nitrogens is 2. The molecule has 2 aromatic rings. The number of carbonyl (C=O) groups excluding carboxylic acids is 1. The third kappa shape index (κ3) is 3.86. The molecule has 1 fully saturated rings. The van der Waals surface area contributed by atoms with Crippen molar-refractivity contribution in [1.82, 2.24) is 15.3 Å². The maximum absolute atomic E-state index is 11.1. The zero-order valence-electron chi connectivity index (χ0n) is 13.5. The number of hydrogen-bond donors (Lipinski definition) is 1. The summed E-state index contributed by atoms with van der Waals surface area (Å²) in [5.41, 5.74) is 3.05. The molecule has 1 aliphatic rings. The van der Waals surface area contributed by atoms with Crippen molar-refractivity contribution >= 4 is 5.91 Å². The fourth-order valence-corrected chi connectivity index (χ4v) is 2.52. The Balaban J connectivity index is 1.67. The van der Waals surface area contributed by atoms with Crippen LogP contribution in [0.5, 0.6) is 6.01 Å². The van der Waals surface area contributed by atoms with Gasteiger partial charge in [0.1, 0.15) is 6.10 Å². The van der Waals surface area contributed by atoms with Gasteiger partial charge in [-0.2, -0.15) is 0 Å². The van der Waals surface area contributed by atoms with Gasteiger partial charge in [-0.1, -0.05) is 24.3 Å². The van der Waals surface area contributed by atoms with Gasteiger partial charge >= 0.3 is 6.01 Å². The molecule has 1 N–H and O–H groups in total. The maximum atomic E-state index is 11.1. The monoisotopic (exact) mass is 311 g/mol. The van der Waals surface area contributed by atoms with Gasteiger partial charge in [0.25, 0.3) is 0 Å². The summed E-state index contributed by atoms with van der Waals surface area (Å²) in [6.45, 7) is 3.49. The minimum absolute atomic E-state index is 0.00365. The molecular formula is C18H21N3O2. The number of carbonyl (C=O) groups is 1. The van der Waals surface area contributed by atoms with E-state index >= 15 is 0 Å². The standard InChI is InChI=1S/C18H21N3O2/c1-12(21-13(2)22)14-6-8-15(9-7-14)16-10-19-18(20-11-16)23-17-4-3-5-17/h6-12,17H,3-5H2,1-2H3,(H,21,22)/t12-/m0/s1. The Morgan fingerprint density at radius 2 is 1.83 bits per heavy atom. The lowest BCUT2D eigenvalue weighted by Gasteiger charge is -2.24. The van der Waals surface area contributed by atoms with Crippen molar-refractivity contribution in [2.45, 2.75) is 45.3 Å². The average molecular weight is 311 g/mol. The molecular weight excluding hydrogens is 290 g/mol. The number of hydrogen-bond acceptors (Lipinski definition) is 4. The molecule has 0 radical (unpaired) electrons. The first-order valence-electron chi connectivity index (χ1n) is 7.98. The summed E-state index contributed by atoms with van der Waals surface area (Å²) in [6, 6.07) is 8.49. The van der Waals surface area contributed by atoms with E-state index in [1.165, 1.54) is 13.3 Å². The van der Waals surface area contributed by atoms with Crippen LogP contribution in [0, 0.1) is 0 Å². The Kier molecular flexibility index (Phi) is 4.55. The average Bonchev–Trinajstić information content (AvgIpc) is 2.51. The van der Waals surface area contributed by atoms with E-state index in [1.807, 2.05) is 31.2 Å². The third-order valence-electron chi connectivity index (χ3n) is 4.12. The second-order valence-electron chi connectivity index (χ2n) is 5.97. The predicted molar refractivity (Wildman–Crippen MR) is 88.0 cm³/mol. The smallest absolute Gasteiger partial charge is 0.316 e. The van der Waals surface area contributed by atoms with Gasteiger partial charge < -0.3 is 10.1 Å². The second-order valence-corrected chi connectivity index (χ2v) is 5.97. The largest absolute Gasteiger partial charge is 0.460 e. The summed E-state index contributed by atoms with van der Waals surface area (Å²) in [5, 5.41) is 2.87. The third-order valence-corrected chi connectivity index (χ3v) is 4.12. The second kappa shape index (κ2) is 6.77. The van der Waals surface area contributed by atoms with Crippen molar-refractivity contribution in [2.75, 3.05) is 0 Å². The summed E-state index contributed by atoms with van der Waals surface area (Å²) in [6.07, 6.45) is 7.28. The molecule has 1 aromatic heterocycles. The lowest BCUT2D eigenvalue weighted by Crippen LogP contribution is -2.25. The molecule has 1 heterocycles. The van der Waals surface area contributed by atoms with E-state index < -0.39 is 0 Å². The zero-order chi connectivity index (χ0) is 16.2. The highest BCUT2D eigenvalue weighted by Gasteiger charge is 2.20. The minimum atomic E-state index is -0.0305. The minimum Gasteiger partial charge on any atom is -0.460 e. The van der Waals surface area contributed by atoms with Gasteiger partial charge in [0.15, 0.2) is 0 Å². The van der Waals surface area contributed by atoms with Gasteiger partial charge in [-0.25, -0.2) is 9.97 Å². The van der Waals surface area contributed by atoms with Gasteiger partial charge in [-0.15, -0.1) is 0 Å². The molecule has 0 spiro atoms. The summed E-state index contributed by atoms with van der Waals surface area (Å²) in [7, 11) is 0. The molecule has 120 valence electrons. The van der Waals surface area contributed by atoms with E-state index in [0.29, 0.717) is 6.01 Å². The molecule has 1 aliphatic carbocycles. The van der Waals surface area contributed by atoms with E-state index in [1.54, 1.807) is 12.4 Å². The highest BCUT2D eigenvalue weighted by Crippen LogP contribution is 2.25. The molecule has 1 saturated carbocycles. The van der Waals surface area contributed by atoms with Gasteiger partial charge in [-0.05, 0) is 37.3 Å². The fourth-order valence-electron chi connectivity index (χ4n) is 2.52. The van der Waals surface area contributed by atoms with Crippen LogP contribution in [0.2, 0.25) is 0 Å². The normalized spacial score (nSPS) is 15.6. The predicted octanol–water partition coefficient (Wildman–Crippen LogP) is 3.27. The maximum Gasteiger partial charge on any atom is 0.316 e. The number of benzene rings is 1. The molecule has 1 atom stereocenters. The number of rotatable bonds is 5. The van der Waals surface area contributed by atoms with Crippen LogP contribution in [0.15, 0.2) is 36.7 Å². The summed E-state index contributed by atoms with van der Waals surface area (Å²) >= 11 is 0. The van der Waals surface area contributed by atoms with Gasteiger partial charge in [0.2, 0.25) is 5.91 Å². The molecule has 5 nitrogen and oxygen atoms in total. The van der Waals surface area contributed by atoms with E-state index in [2.05, 4.69) is 15.3 Å². The molecule has 0 aliphatic heterocycles. The first-order valence-corrected chi connectivity index (χ1v) is 7.98. The highest BCUT2D eigenvalue weighted by molar-refractivity contribution is 5.73. The van der Waals surface area contributed by atoms with Crippen LogP contribution < -0.4 is 10.1 Å². The Bertz CT molecular complexity index is 664. The van der Waals surface area contributed by atoms with Crippen LogP contribution in [0.25, 0.3) is 11.1 Å². The quantitative estimate of drug-likeness (QED) is 0.920. The molecule has 0 saturated heterocycles. The van der Waals surface area contributed by atoms with E-state index in [-0.39, 0.29) is 18.1 Å². The highest BCUT2D eigenvalue weighted by atomic mass is 16.5. The fraction of sp³-hybridized carbons (Fsp3) is 0.389. The number of ether oxygens (including phenoxy) is 1. The molecule has 0 unspecified atom stereocenters. The van der Waals surface area contributed by atoms with Crippen LogP contribution in [0.3, 0.4) is 0 Å². The van der Waals surface area contributed by atoms with Crippen LogP contribution in [0.1, 0.15) is 44.7 Å². The van der Waals surface area contributed by atoms with E-state index in [4.69, 9.17) is 4.74 Å². The van der Waals surface area contributed by atoms with Crippen LogP contribution in [-0.4, -0.2) is 22.0 Å². The van der Waals surface area contributed by atoms with Gasteiger partial charge in [0, 0.05) is 24.9 Å². The SMILES string of the molecule is CC(=O)N[C@@H](C)c1ccc(-c2cnc(OC3CCC3)nc2)cc1. The summed E-state index contributed by atoms with van der Waals surface area (Å²) < 4.78 is 5.67. The molecule has 23 heavy (non-hydrogen) atoms. The Labute approximate surface area is 136 Å². The summed E-state index contributed by atoms with van der Waals surface area (Å²) in [4.78, 5) is 19.7. The van der Waals surface area contributed by atoms with Gasteiger partial charge in [-0.3, -0.25) is 4.79 Å².